The van der Waals surface area contributed by atoms with Crippen molar-refractivity contribution >= 4 is 63.3 Å². The van der Waals surface area contributed by atoms with Crippen LogP contribution in [0.5, 0.6) is 11.5 Å². The van der Waals surface area contributed by atoms with Crippen LogP contribution < -0.4 is 24.4 Å². The Morgan fingerprint density at radius 2 is 1.76 bits per heavy atom. The first-order valence-corrected chi connectivity index (χ1v) is 18.1. The van der Waals surface area contributed by atoms with Crippen LogP contribution in [0.1, 0.15) is 60.5 Å². The van der Waals surface area contributed by atoms with Crippen molar-refractivity contribution in [3.63, 3.8) is 0 Å². The van der Waals surface area contributed by atoms with Crippen LogP contribution in [0.15, 0.2) is 106 Å². The second kappa shape index (κ2) is 15.1. The van der Waals surface area contributed by atoms with E-state index >= 15 is 0 Å². The Morgan fingerprint density at radius 3 is 2.43 bits per heavy atom. The van der Waals surface area contributed by atoms with E-state index < -0.39 is 12.0 Å². The molecule has 0 spiro atoms. The highest BCUT2D eigenvalue weighted by Crippen LogP contribution is 2.37. The largest absolute Gasteiger partial charge is 0.493 e. The molecule has 49 heavy (non-hydrogen) atoms. The molecule has 7 nitrogen and oxygen atoms in total. The molecular formula is C39H34ClIN2O5S. The number of nitrogens with zero attached hydrogens (tertiary/aromatic N) is 2. The lowest BCUT2D eigenvalue weighted by molar-refractivity contribution is -0.138. The van der Waals surface area contributed by atoms with Crippen molar-refractivity contribution in [1.29, 1.82) is 0 Å². The fourth-order valence-corrected chi connectivity index (χ4v) is 7.67. The number of aromatic nitrogens is 1. The lowest BCUT2D eigenvalue weighted by Gasteiger charge is -2.26. The number of ether oxygens (including phenoxy) is 3. The summed E-state index contributed by atoms with van der Waals surface area (Å²) in [4.78, 5) is 33.6. The van der Waals surface area contributed by atoms with Crippen molar-refractivity contribution in [3.05, 3.63) is 153 Å². The number of esters is 1. The summed E-state index contributed by atoms with van der Waals surface area (Å²) >= 11 is 9.83. The maximum Gasteiger partial charge on any atom is 0.338 e. The molecule has 0 N–H and O–H groups in total. The van der Waals surface area contributed by atoms with E-state index in [1.165, 1.54) is 11.3 Å². The smallest absolute Gasteiger partial charge is 0.338 e. The van der Waals surface area contributed by atoms with Gasteiger partial charge in [-0.3, -0.25) is 9.36 Å². The van der Waals surface area contributed by atoms with Crippen LogP contribution in [0.25, 0.3) is 11.8 Å². The average Bonchev–Trinajstić information content (AvgIpc) is 3.41. The van der Waals surface area contributed by atoms with E-state index in [2.05, 4.69) is 36.4 Å². The van der Waals surface area contributed by atoms with Crippen molar-refractivity contribution in [3.8, 4) is 11.5 Å². The molecule has 1 aromatic heterocycles. The van der Waals surface area contributed by atoms with Gasteiger partial charge in [-0.2, -0.15) is 0 Å². The third-order valence-electron chi connectivity index (χ3n) is 8.17. The minimum absolute atomic E-state index is 0.187. The maximum absolute atomic E-state index is 14.4. The van der Waals surface area contributed by atoms with Gasteiger partial charge < -0.3 is 14.2 Å². The number of carbonyl (C=O) groups excluding carboxylic acids is 1. The molecule has 0 saturated carbocycles. The number of rotatable bonds is 10. The van der Waals surface area contributed by atoms with E-state index in [0.29, 0.717) is 43.0 Å². The molecule has 0 bridgehead atoms. The summed E-state index contributed by atoms with van der Waals surface area (Å²) in [6.45, 7) is 6.48. The summed E-state index contributed by atoms with van der Waals surface area (Å²) in [5.41, 5.74) is 4.87. The van der Waals surface area contributed by atoms with Gasteiger partial charge in [0.2, 0.25) is 0 Å². The molecule has 0 fully saturated rings. The van der Waals surface area contributed by atoms with Crippen molar-refractivity contribution in [1.82, 2.24) is 4.57 Å². The van der Waals surface area contributed by atoms with Crippen LogP contribution in [0.2, 0.25) is 5.02 Å². The number of halogens is 2. The summed E-state index contributed by atoms with van der Waals surface area (Å²) < 4.78 is 20.4. The Hall–Kier alpha value is -4.19. The number of fused-ring (bicyclic) bond motifs is 1. The molecule has 0 amide bonds. The van der Waals surface area contributed by atoms with Gasteiger partial charge in [0.15, 0.2) is 16.3 Å². The van der Waals surface area contributed by atoms with Gasteiger partial charge >= 0.3 is 5.97 Å². The summed E-state index contributed by atoms with van der Waals surface area (Å²) in [5, 5.41) is 0.624. The summed E-state index contributed by atoms with van der Waals surface area (Å²) in [6.07, 6.45) is 1.82. The molecule has 5 aromatic rings. The Morgan fingerprint density at radius 1 is 1.04 bits per heavy atom. The Balaban J connectivity index is 1.50. The van der Waals surface area contributed by atoms with Crippen LogP contribution in [-0.2, 0) is 16.1 Å². The van der Waals surface area contributed by atoms with Gasteiger partial charge in [0.25, 0.3) is 5.56 Å². The highest BCUT2D eigenvalue weighted by atomic mass is 127. The van der Waals surface area contributed by atoms with E-state index in [1.54, 1.807) is 18.6 Å². The predicted octanol–water partition coefficient (Wildman–Crippen LogP) is 7.90. The van der Waals surface area contributed by atoms with Crippen molar-refractivity contribution in [2.75, 3.05) is 13.7 Å². The third kappa shape index (κ3) is 7.25. The average molecular weight is 805 g/mol. The zero-order valence-electron chi connectivity index (χ0n) is 27.4. The molecule has 1 aliphatic heterocycles. The molecule has 0 radical (unpaired) electrons. The number of benzene rings is 4. The standard InChI is InChI=1S/C39H34ClIN2O5S/c1-5-47-38(45)33-34(26-11-7-6-8-12-26)42-39-43(35(33)27-17-15-25(16-18-27)23(2)3)37(44)32(49-39)21-24-19-30(41)36(31(20-24)46-4)48-22-28-13-9-10-14-29(28)40/h6-21,23,35H,5,22H2,1-4H3/b32-21-/t35-/m1/s1. The summed E-state index contributed by atoms with van der Waals surface area (Å²) in [6, 6.07) is 28.2. The van der Waals surface area contributed by atoms with Crippen molar-refractivity contribution in [2.24, 2.45) is 4.99 Å². The van der Waals surface area contributed by atoms with E-state index in [9.17, 15) is 9.59 Å². The van der Waals surface area contributed by atoms with Crippen LogP contribution in [-0.4, -0.2) is 24.3 Å². The number of hydrogen-bond donors (Lipinski definition) is 0. The van der Waals surface area contributed by atoms with Gasteiger partial charge in [-0.05, 0) is 76.4 Å². The van der Waals surface area contributed by atoms with E-state index in [4.69, 9.17) is 30.8 Å². The van der Waals surface area contributed by atoms with Crippen LogP contribution in [0.3, 0.4) is 0 Å². The molecule has 0 saturated heterocycles. The van der Waals surface area contributed by atoms with E-state index in [0.717, 1.165) is 31.4 Å². The molecule has 1 atom stereocenters. The number of carbonyl (C=O) groups is 1. The maximum atomic E-state index is 14.4. The van der Waals surface area contributed by atoms with Gasteiger partial charge in [-0.1, -0.05) is 110 Å². The van der Waals surface area contributed by atoms with Gasteiger partial charge in [-0.25, -0.2) is 9.79 Å². The fourth-order valence-electron chi connectivity index (χ4n) is 5.70. The minimum atomic E-state index is -0.746. The lowest BCUT2D eigenvalue weighted by atomic mass is 9.91. The highest BCUT2D eigenvalue weighted by Gasteiger charge is 2.35. The monoisotopic (exact) mass is 804 g/mol. The molecular weight excluding hydrogens is 771 g/mol. The SMILES string of the molecule is CCOC(=O)C1=C(c2ccccc2)N=c2s/c(=C\c3cc(I)c(OCc4ccccc4Cl)c(OC)c3)c(=O)n2[C@@H]1c1ccc(C(C)C)cc1. The lowest BCUT2D eigenvalue weighted by Crippen LogP contribution is -2.40. The van der Waals surface area contributed by atoms with E-state index in [-0.39, 0.29) is 18.8 Å². The highest BCUT2D eigenvalue weighted by molar-refractivity contribution is 14.1. The first-order valence-electron chi connectivity index (χ1n) is 15.8. The third-order valence-corrected chi connectivity index (χ3v) is 10.3. The molecule has 250 valence electrons. The molecule has 0 aliphatic carbocycles. The van der Waals surface area contributed by atoms with Gasteiger partial charge in [0.05, 0.1) is 39.1 Å². The van der Waals surface area contributed by atoms with Crippen molar-refractivity contribution in [2.45, 2.75) is 39.3 Å². The molecule has 0 unspecified atom stereocenters. The first kappa shape index (κ1) is 34.7. The second-order valence-corrected chi connectivity index (χ2v) is 14.2. The molecule has 4 aromatic carbocycles. The summed E-state index contributed by atoms with van der Waals surface area (Å²) in [7, 11) is 1.58. The normalized spacial score (nSPS) is 14.4. The summed E-state index contributed by atoms with van der Waals surface area (Å²) in [5.74, 6) is 0.919. The topological polar surface area (TPSA) is 79.1 Å². The Kier molecular flexibility index (Phi) is 10.7. The van der Waals surface area contributed by atoms with Crippen LogP contribution >= 0.6 is 45.5 Å². The number of methoxy groups -OCH3 is 1. The van der Waals surface area contributed by atoms with Crippen molar-refractivity contribution < 1.29 is 19.0 Å². The Labute approximate surface area is 307 Å². The zero-order chi connectivity index (χ0) is 34.7. The van der Waals surface area contributed by atoms with E-state index in [1.807, 2.05) is 97.1 Å². The molecule has 6 rings (SSSR count). The quantitative estimate of drug-likeness (QED) is 0.106. The molecule has 1 aliphatic rings. The van der Waals surface area contributed by atoms with Gasteiger partial charge in [0, 0.05) is 16.1 Å². The van der Waals surface area contributed by atoms with Gasteiger partial charge in [-0.15, -0.1) is 0 Å². The molecule has 10 heteroatoms. The van der Waals surface area contributed by atoms with Crippen LogP contribution in [0, 0.1) is 3.57 Å². The van der Waals surface area contributed by atoms with Gasteiger partial charge in [0.1, 0.15) is 6.61 Å². The first-order chi connectivity index (χ1) is 23.7. The molecule has 2 heterocycles. The predicted molar refractivity (Wildman–Crippen MR) is 203 cm³/mol. The Bertz CT molecular complexity index is 2230. The number of thiazole rings is 1. The number of hydrogen-bond acceptors (Lipinski definition) is 7. The minimum Gasteiger partial charge on any atom is -0.493 e. The zero-order valence-corrected chi connectivity index (χ0v) is 31.1. The van der Waals surface area contributed by atoms with Crippen LogP contribution in [0.4, 0.5) is 0 Å². The fraction of sp³-hybridized carbons (Fsp3) is 0.205. The second-order valence-electron chi connectivity index (χ2n) is 11.7.